The minimum absolute atomic E-state index is 0.215. The first-order chi connectivity index (χ1) is 9.07. The van der Waals surface area contributed by atoms with Crippen molar-refractivity contribution in [2.75, 3.05) is 20.1 Å². The van der Waals surface area contributed by atoms with Crippen LogP contribution in [0.15, 0.2) is 21.2 Å². The molecule has 19 heavy (non-hydrogen) atoms. The SMILES string of the molecule is CCCC1(C(=O)N(C)Cc2ccc(Br)o2)CCNC1. The number of halogens is 1. The van der Waals surface area contributed by atoms with Crippen LogP contribution in [-0.4, -0.2) is 30.9 Å². The minimum Gasteiger partial charge on any atom is -0.452 e. The molecule has 1 atom stereocenters. The number of amides is 1. The summed E-state index contributed by atoms with van der Waals surface area (Å²) in [7, 11) is 1.86. The van der Waals surface area contributed by atoms with Gasteiger partial charge < -0.3 is 14.6 Å². The van der Waals surface area contributed by atoms with Gasteiger partial charge in [0.2, 0.25) is 5.91 Å². The number of hydrogen-bond donors (Lipinski definition) is 1. The van der Waals surface area contributed by atoms with Gasteiger partial charge in [0.1, 0.15) is 5.76 Å². The normalized spacial score (nSPS) is 22.7. The van der Waals surface area contributed by atoms with Crippen LogP contribution in [0.4, 0.5) is 0 Å². The summed E-state index contributed by atoms with van der Waals surface area (Å²) >= 11 is 3.28. The molecule has 1 aromatic heterocycles. The van der Waals surface area contributed by atoms with Gasteiger partial charge in [-0.25, -0.2) is 0 Å². The fraction of sp³-hybridized carbons (Fsp3) is 0.643. The molecule has 0 saturated carbocycles. The lowest BCUT2D eigenvalue weighted by Gasteiger charge is -2.31. The Hall–Kier alpha value is -0.810. The standard InChI is InChI=1S/C14H21BrN2O2/c1-3-6-14(7-8-16-10-14)13(18)17(2)9-11-4-5-12(15)19-11/h4-5,16H,3,6-10H2,1-2H3. The van der Waals surface area contributed by atoms with E-state index in [1.54, 1.807) is 4.90 Å². The minimum atomic E-state index is -0.215. The molecule has 106 valence electrons. The van der Waals surface area contributed by atoms with Gasteiger partial charge in [0.05, 0.1) is 12.0 Å². The van der Waals surface area contributed by atoms with E-state index >= 15 is 0 Å². The molecular formula is C14H21BrN2O2. The van der Waals surface area contributed by atoms with Crippen LogP contribution in [-0.2, 0) is 11.3 Å². The van der Waals surface area contributed by atoms with Crippen molar-refractivity contribution in [1.82, 2.24) is 10.2 Å². The van der Waals surface area contributed by atoms with Gasteiger partial charge in [-0.2, -0.15) is 0 Å². The van der Waals surface area contributed by atoms with E-state index in [9.17, 15) is 4.79 Å². The third-order valence-electron chi connectivity index (χ3n) is 3.79. The quantitative estimate of drug-likeness (QED) is 0.903. The van der Waals surface area contributed by atoms with Gasteiger partial charge in [-0.3, -0.25) is 4.79 Å². The van der Waals surface area contributed by atoms with Crippen LogP contribution >= 0.6 is 15.9 Å². The summed E-state index contributed by atoms with van der Waals surface area (Å²) < 4.78 is 6.17. The molecule has 1 aromatic rings. The summed E-state index contributed by atoms with van der Waals surface area (Å²) in [5.74, 6) is 1.03. The van der Waals surface area contributed by atoms with Crippen molar-refractivity contribution in [3.05, 3.63) is 22.6 Å². The zero-order valence-electron chi connectivity index (χ0n) is 11.5. The Labute approximate surface area is 122 Å². The van der Waals surface area contributed by atoms with E-state index in [4.69, 9.17) is 4.42 Å². The highest BCUT2D eigenvalue weighted by atomic mass is 79.9. The lowest BCUT2D eigenvalue weighted by molar-refractivity contribution is -0.141. The smallest absolute Gasteiger partial charge is 0.230 e. The van der Waals surface area contributed by atoms with E-state index < -0.39 is 0 Å². The number of rotatable bonds is 5. The van der Waals surface area contributed by atoms with Crippen molar-refractivity contribution in [2.24, 2.45) is 5.41 Å². The van der Waals surface area contributed by atoms with E-state index in [1.807, 2.05) is 19.2 Å². The van der Waals surface area contributed by atoms with E-state index in [2.05, 4.69) is 28.2 Å². The van der Waals surface area contributed by atoms with Crippen LogP contribution < -0.4 is 5.32 Å². The van der Waals surface area contributed by atoms with E-state index in [1.165, 1.54) is 0 Å². The average molecular weight is 329 g/mol. The second-order valence-corrected chi connectivity index (χ2v) is 6.11. The molecule has 2 heterocycles. The third-order valence-corrected chi connectivity index (χ3v) is 4.22. The fourth-order valence-electron chi connectivity index (χ4n) is 2.87. The molecule has 1 unspecified atom stereocenters. The van der Waals surface area contributed by atoms with Crippen LogP contribution in [0.25, 0.3) is 0 Å². The molecule has 0 bridgehead atoms. The number of hydrogen-bond acceptors (Lipinski definition) is 3. The predicted molar refractivity (Wildman–Crippen MR) is 77.7 cm³/mol. The van der Waals surface area contributed by atoms with Crippen LogP contribution in [0.2, 0.25) is 0 Å². The summed E-state index contributed by atoms with van der Waals surface area (Å²) in [6, 6.07) is 3.75. The molecule has 0 spiro atoms. The van der Waals surface area contributed by atoms with Crippen molar-refractivity contribution >= 4 is 21.8 Å². The highest BCUT2D eigenvalue weighted by molar-refractivity contribution is 9.10. The summed E-state index contributed by atoms with van der Waals surface area (Å²) in [5, 5.41) is 3.32. The third kappa shape index (κ3) is 3.20. The Bertz CT molecular complexity index is 438. The monoisotopic (exact) mass is 328 g/mol. The summed E-state index contributed by atoms with van der Waals surface area (Å²) in [5.41, 5.74) is -0.215. The van der Waals surface area contributed by atoms with Crippen molar-refractivity contribution in [2.45, 2.75) is 32.7 Å². The molecule has 1 N–H and O–H groups in total. The van der Waals surface area contributed by atoms with Gasteiger partial charge in [0.15, 0.2) is 4.67 Å². The second-order valence-electron chi connectivity index (χ2n) is 5.32. The molecule has 1 saturated heterocycles. The number of carbonyl (C=O) groups is 1. The predicted octanol–water partition coefficient (Wildman–Crippen LogP) is 2.78. The maximum absolute atomic E-state index is 12.7. The maximum atomic E-state index is 12.7. The zero-order chi connectivity index (χ0) is 13.9. The van der Waals surface area contributed by atoms with E-state index in [-0.39, 0.29) is 11.3 Å². The molecule has 0 radical (unpaired) electrons. The molecular weight excluding hydrogens is 308 g/mol. The molecule has 0 aliphatic carbocycles. The first-order valence-electron chi connectivity index (χ1n) is 6.78. The summed E-state index contributed by atoms with van der Waals surface area (Å²) in [4.78, 5) is 14.5. The maximum Gasteiger partial charge on any atom is 0.230 e. The molecule has 1 amide bonds. The lowest BCUT2D eigenvalue weighted by atomic mass is 9.81. The van der Waals surface area contributed by atoms with Gasteiger partial charge in [-0.15, -0.1) is 0 Å². The lowest BCUT2D eigenvalue weighted by Crippen LogP contribution is -2.43. The van der Waals surface area contributed by atoms with Crippen LogP contribution in [0, 0.1) is 5.41 Å². The molecule has 2 rings (SSSR count). The Morgan fingerprint density at radius 2 is 2.37 bits per heavy atom. The summed E-state index contributed by atoms with van der Waals surface area (Å²) in [6.45, 7) is 4.39. The van der Waals surface area contributed by atoms with Gasteiger partial charge in [-0.05, 0) is 47.4 Å². The average Bonchev–Trinajstić information content (AvgIpc) is 2.99. The Kier molecular flexibility index (Phi) is 4.68. The van der Waals surface area contributed by atoms with Crippen molar-refractivity contribution in [3.63, 3.8) is 0 Å². The van der Waals surface area contributed by atoms with Gasteiger partial charge in [0.25, 0.3) is 0 Å². The number of carbonyl (C=O) groups excluding carboxylic acids is 1. The topological polar surface area (TPSA) is 45.5 Å². The number of nitrogens with one attached hydrogen (secondary N) is 1. The molecule has 4 nitrogen and oxygen atoms in total. The Morgan fingerprint density at radius 3 is 2.89 bits per heavy atom. The van der Waals surface area contributed by atoms with Crippen molar-refractivity contribution in [3.8, 4) is 0 Å². The van der Waals surface area contributed by atoms with Crippen molar-refractivity contribution < 1.29 is 9.21 Å². The molecule has 1 aliphatic heterocycles. The zero-order valence-corrected chi connectivity index (χ0v) is 13.1. The molecule has 0 aromatic carbocycles. The molecule has 1 aliphatic rings. The number of furan rings is 1. The second kappa shape index (κ2) is 6.09. The molecule has 1 fully saturated rings. The highest BCUT2D eigenvalue weighted by Gasteiger charge is 2.41. The van der Waals surface area contributed by atoms with Crippen molar-refractivity contribution in [1.29, 1.82) is 0 Å². The van der Waals surface area contributed by atoms with Crippen LogP contribution in [0.3, 0.4) is 0 Å². The van der Waals surface area contributed by atoms with E-state index in [0.717, 1.165) is 38.1 Å². The largest absolute Gasteiger partial charge is 0.452 e. The Balaban J connectivity index is 2.04. The molecule has 5 heteroatoms. The van der Waals surface area contributed by atoms with Gasteiger partial charge >= 0.3 is 0 Å². The summed E-state index contributed by atoms with van der Waals surface area (Å²) in [6.07, 6.45) is 2.92. The van der Waals surface area contributed by atoms with E-state index in [0.29, 0.717) is 11.2 Å². The van der Waals surface area contributed by atoms with Gasteiger partial charge in [0, 0.05) is 13.6 Å². The van der Waals surface area contributed by atoms with Gasteiger partial charge in [-0.1, -0.05) is 13.3 Å². The Morgan fingerprint density at radius 1 is 1.58 bits per heavy atom. The first kappa shape index (κ1) is 14.6. The first-order valence-corrected chi connectivity index (χ1v) is 7.57. The van der Waals surface area contributed by atoms with Crippen LogP contribution in [0.5, 0.6) is 0 Å². The van der Waals surface area contributed by atoms with Crippen LogP contribution in [0.1, 0.15) is 31.9 Å². The highest BCUT2D eigenvalue weighted by Crippen LogP contribution is 2.33. The number of nitrogens with zero attached hydrogens (tertiary/aromatic N) is 1. The fourth-order valence-corrected chi connectivity index (χ4v) is 3.21.